The van der Waals surface area contributed by atoms with Gasteiger partial charge in [-0.15, -0.1) is 0 Å². The number of carbonyl (C=O) groups is 4. The average Bonchev–Trinajstić information content (AvgIpc) is 3.56. The molecule has 4 amide bonds. The number of ether oxygens (including phenoxy) is 1. The van der Waals surface area contributed by atoms with Crippen LogP contribution in [0.15, 0.2) is 36.4 Å². The van der Waals surface area contributed by atoms with Crippen LogP contribution in [0.2, 0.25) is 0 Å². The van der Waals surface area contributed by atoms with Crippen LogP contribution >= 0.6 is 0 Å². The van der Waals surface area contributed by atoms with Crippen molar-refractivity contribution in [3.05, 3.63) is 42.1 Å². The number of urea groups is 1. The summed E-state index contributed by atoms with van der Waals surface area (Å²) in [5, 5.41) is 12.1. The molecule has 0 unspecified atom stereocenters. The minimum absolute atomic E-state index is 0.00358. The Morgan fingerprint density at radius 1 is 0.860 bits per heavy atom. The lowest BCUT2D eigenvalue weighted by Crippen LogP contribution is -2.58. The molecule has 230 valence electrons. The Bertz CT molecular complexity index is 1290. The molecule has 12 nitrogen and oxygen atoms in total. The van der Waals surface area contributed by atoms with Gasteiger partial charge >= 0.3 is 12.0 Å². The summed E-state index contributed by atoms with van der Waals surface area (Å²) in [6.45, 7) is 2.89. The predicted molar refractivity (Wildman–Crippen MR) is 157 cm³/mol. The van der Waals surface area contributed by atoms with Gasteiger partial charge in [0.15, 0.2) is 5.82 Å². The Balaban J connectivity index is 1.29. The van der Waals surface area contributed by atoms with E-state index in [1.165, 1.54) is 6.07 Å². The monoisotopic (exact) mass is 592 g/mol. The van der Waals surface area contributed by atoms with Gasteiger partial charge in [-0.3, -0.25) is 14.4 Å². The highest BCUT2D eigenvalue weighted by Gasteiger charge is 2.32. The standard InChI is InChI=1S/C31H40N6O6/c38-27(39)14-13-24(30(41)35-17-19-37(20-18-35)31(42)36-15-7-2-8-16-36)33-29(40)25-21-26(43-23-11-5-6-12-23)34-28(32-25)22-9-3-1-4-10-22/h1,3-4,9-10,21,23-24H,2,5-8,11-20H2,(H,33,40)(H,38,39)/t24-/m0/s1. The van der Waals surface area contributed by atoms with Gasteiger partial charge in [0.1, 0.15) is 17.8 Å². The number of amides is 4. The van der Waals surface area contributed by atoms with Gasteiger partial charge in [-0.25, -0.2) is 9.78 Å². The van der Waals surface area contributed by atoms with E-state index >= 15 is 0 Å². The molecule has 2 aromatic rings. The van der Waals surface area contributed by atoms with Gasteiger partial charge in [0.25, 0.3) is 5.91 Å². The molecule has 2 N–H and O–H groups in total. The Hall–Kier alpha value is -4.22. The third-order valence-electron chi connectivity index (χ3n) is 8.30. The SMILES string of the molecule is O=C(O)CC[C@H](NC(=O)c1cc(OC2CCCC2)nc(-c2ccccc2)n1)C(=O)N1CCN(C(=O)N2CCCCC2)CC1. The summed E-state index contributed by atoms with van der Waals surface area (Å²) in [6, 6.07) is 9.66. The molecule has 12 heteroatoms. The molecule has 0 bridgehead atoms. The summed E-state index contributed by atoms with van der Waals surface area (Å²) < 4.78 is 6.11. The maximum atomic E-state index is 13.6. The van der Waals surface area contributed by atoms with Gasteiger partial charge in [-0.2, -0.15) is 4.98 Å². The highest BCUT2D eigenvalue weighted by atomic mass is 16.5. The van der Waals surface area contributed by atoms with E-state index in [2.05, 4.69) is 15.3 Å². The highest BCUT2D eigenvalue weighted by molar-refractivity contribution is 5.96. The van der Waals surface area contributed by atoms with Crippen LogP contribution in [0.4, 0.5) is 4.79 Å². The highest BCUT2D eigenvalue weighted by Crippen LogP contribution is 2.25. The molecule has 2 aliphatic heterocycles. The summed E-state index contributed by atoms with van der Waals surface area (Å²) in [6.07, 6.45) is 6.75. The van der Waals surface area contributed by atoms with Crippen molar-refractivity contribution < 1.29 is 29.0 Å². The van der Waals surface area contributed by atoms with Crippen LogP contribution in [-0.2, 0) is 9.59 Å². The molecule has 1 aliphatic carbocycles. The second kappa shape index (κ2) is 14.3. The van der Waals surface area contributed by atoms with Crippen molar-refractivity contribution in [2.24, 2.45) is 0 Å². The molecular formula is C31H40N6O6. The van der Waals surface area contributed by atoms with Crippen LogP contribution in [0, 0.1) is 0 Å². The fourth-order valence-corrected chi connectivity index (χ4v) is 5.88. The fraction of sp³-hybridized carbons (Fsp3) is 0.548. The number of carboxylic acids is 1. The number of benzene rings is 1. The summed E-state index contributed by atoms with van der Waals surface area (Å²) in [7, 11) is 0. The van der Waals surface area contributed by atoms with E-state index in [4.69, 9.17) is 4.74 Å². The van der Waals surface area contributed by atoms with E-state index in [0.717, 1.165) is 58.0 Å². The number of nitrogens with zero attached hydrogens (tertiary/aromatic N) is 5. The Morgan fingerprint density at radius 2 is 1.51 bits per heavy atom. The van der Waals surface area contributed by atoms with Crippen LogP contribution in [0.3, 0.4) is 0 Å². The molecule has 3 aliphatic rings. The van der Waals surface area contributed by atoms with E-state index < -0.39 is 17.9 Å². The van der Waals surface area contributed by atoms with Crippen molar-refractivity contribution in [1.82, 2.24) is 30.0 Å². The number of nitrogens with one attached hydrogen (secondary N) is 1. The van der Waals surface area contributed by atoms with Crippen molar-refractivity contribution in [2.75, 3.05) is 39.3 Å². The van der Waals surface area contributed by atoms with Gasteiger partial charge in [-0.1, -0.05) is 30.3 Å². The summed E-state index contributed by atoms with van der Waals surface area (Å²) in [5.41, 5.74) is 0.746. The van der Waals surface area contributed by atoms with Crippen molar-refractivity contribution in [3.8, 4) is 17.3 Å². The van der Waals surface area contributed by atoms with Crippen LogP contribution in [0.25, 0.3) is 11.4 Å². The molecule has 2 saturated heterocycles. The smallest absolute Gasteiger partial charge is 0.320 e. The Labute approximate surface area is 251 Å². The van der Waals surface area contributed by atoms with Crippen LogP contribution in [0.1, 0.15) is 68.3 Å². The number of rotatable bonds is 9. The number of aromatic nitrogens is 2. The lowest BCUT2D eigenvalue weighted by Gasteiger charge is -2.39. The van der Waals surface area contributed by atoms with Gasteiger partial charge in [0.2, 0.25) is 11.8 Å². The first-order valence-corrected chi connectivity index (χ1v) is 15.3. The summed E-state index contributed by atoms with van der Waals surface area (Å²) in [5.74, 6) is -1.44. The molecule has 1 saturated carbocycles. The van der Waals surface area contributed by atoms with Gasteiger partial charge < -0.3 is 29.9 Å². The number of piperidine rings is 1. The quantitative estimate of drug-likeness (QED) is 0.452. The normalized spacial score (nSPS) is 18.3. The molecule has 0 spiro atoms. The maximum absolute atomic E-state index is 13.6. The van der Waals surface area contributed by atoms with Crippen molar-refractivity contribution in [1.29, 1.82) is 0 Å². The minimum atomic E-state index is -1.07. The third kappa shape index (κ3) is 7.99. The molecule has 1 aromatic carbocycles. The molecule has 5 rings (SSSR count). The van der Waals surface area contributed by atoms with Gasteiger partial charge in [-0.05, 0) is 51.4 Å². The molecule has 1 aromatic heterocycles. The van der Waals surface area contributed by atoms with E-state index in [-0.39, 0.29) is 42.5 Å². The van der Waals surface area contributed by atoms with E-state index in [9.17, 15) is 24.3 Å². The Kier molecular flexibility index (Phi) is 10.1. The van der Waals surface area contributed by atoms with Gasteiger partial charge in [0.05, 0.1) is 0 Å². The van der Waals surface area contributed by atoms with Crippen LogP contribution in [0.5, 0.6) is 5.88 Å². The predicted octanol–water partition coefficient (Wildman–Crippen LogP) is 3.18. The first kappa shape index (κ1) is 30.2. The first-order valence-electron chi connectivity index (χ1n) is 15.3. The molecule has 0 radical (unpaired) electrons. The minimum Gasteiger partial charge on any atom is -0.481 e. The molecule has 3 heterocycles. The number of likely N-dealkylation sites (tertiary alicyclic amines) is 1. The van der Waals surface area contributed by atoms with E-state index in [1.54, 1.807) is 9.80 Å². The molecule has 43 heavy (non-hydrogen) atoms. The lowest BCUT2D eigenvalue weighted by atomic mass is 10.1. The second-order valence-electron chi connectivity index (χ2n) is 11.4. The molecule has 3 fully saturated rings. The fourth-order valence-electron chi connectivity index (χ4n) is 5.88. The zero-order valence-corrected chi connectivity index (χ0v) is 24.4. The van der Waals surface area contributed by atoms with Gasteiger partial charge in [0, 0.05) is 57.3 Å². The van der Waals surface area contributed by atoms with Crippen LogP contribution < -0.4 is 10.1 Å². The lowest BCUT2D eigenvalue weighted by molar-refractivity contribution is -0.138. The number of hydrogen-bond acceptors (Lipinski definition) is 7. The number of hydrogen-bond donors (Lipinski definition) is 2. The number of carbonyl (C=O) groups excluding carboxylic acids is 3. The average molecular weight is 593 g/mol. The zero-order chi connectivity index (χ0) is 30.2. The summed E-state index contributed by atoms with van der Waals surface area (Å²) in [4.78, 5) is 65.7. The topological polar surface area (TPSA) is 145 Å². The molecular weight excluding hydrogens is 552 g/mol. The number of piperazine rings is 1. The summed E-state index contributed by atoms with van der Waals surface area (Å²) >= 11 is 0. The van der Waals surface area contributed by atoms with E-state index in [0.29, 0.717) is 37.6 Å². The first-order chi connectivity index (χ1) is 20.9. The number of carboxylic acid groups (broad SMARTS) is 1. The largest absolute Gasteiger partial charge is 0.481 e. The number of aliphatic carboxylic acids is 1. The maximum Gasteiger partial charge on any atom is 0.320 e. The van der Waals surface area contributed by atoms with Crippen molar-refractivity contribution >= 4 is 23.8 Å². The van der Waals surface area contributed by atoms with Crippen molar-refractivity contribution in [3.63, 3.8) is 0 Å². The second-order valence-corrected chi connectivity index (χ2v) is 11.4. The molecule has 1 atom stereocenters. The van der Waals surface area contributed by atoms with Crippen LogP contribution in [-0.4, -0.2) is 105 Å². The Morgan fingerprint density at radius 3 is 2.19 bits per heavy atom. The zero-order valence-electron chi connectivity index (χ0n) is 24.4. The van der Waals surface area contributed by atoms with Crippen molar-refractivity contribution in [2.45, 2.75) is 69.9 Å². The third-order valence-corrected chi connectivity index (χ3v) is 8.30. The van der Waals surface area contributed by atoms with E-state index in [1.807, 2.05) is 35.2 Å².